The van der Waals surface area contributed by atoms with Gasteiger partial charge in [-0.05, 0) is 24.4 Å². The Morgan fingerprint density at radius 3 is 3.08 bits per heavy atom. The summed E-state index contributed by atoms with van der Waals surface area (Å²) in [5, 5.41) is 7.99. The van der Waals surface area contributed by atoms with E-state index >= 15 is 0 Å². The molecule has 2 rings (SSSR count). The molecule has 1 atom stereocenters. The number of hydrogen-bond acceptors (Lipinski definition) is 5. The molecule has 0 radical (unpaired) electrons. The topological polar surface area (TPSA) is 31.9 Å². The Morgan fingerprint density at radius 2 is 2.54 bits per heavy atom. The molecular weight excluding hydrogens is 222 g/mol. The van der Waals surface area contributed by atoms with Crippen molar-refractivity contribution in [3.05, 3.63) is 3.95 Å². The van der Waals surface area contributed by atoms with E-state index in [1.54, 1.807) is 11.3 Å². The second kappa shape index (κ2) is 3.98. The van der Waals surface area contributed by atoms with Crippen LogP contribution in [0.25, 0.3) is 0 Å². The number of anilines is 1. The molecule has 1 aliphatic rings. The predicted molar refractivity (Wildman–Crippen MR) is 61.4 cm³/mol. The fourth-order valence-electron chi connectivity index (χ4n) is 1.36. The van der Waals surface area contributed by atoms with Crippen molar-refractivity contribution in [1.82, 2.24) is 10.2 Å². The van der Waals surface area contributed by atoms with E-state index in [1.165, 1.54) is 17.9 Å². The van der Waals surface area contributed by atoms with Crippen LogP contribution in [-0.2, 0) is 0 Å². The van der Waals surface area contributed by atoms with Crippen molar-refractivity contribution < 1.29 is 0 Å². The number of nitrogens with one attached hydrogen (secondary N) is 1. The quantitative estimate of drug-likeness (QED) is 0.793. The second-order valence-corrected chi connectivity index (χ2v) is 5.82. The molecule has 0 amide bonds. The first-order valence-electron chi connectivity index (χ1n) is 4.13. The summed E-state index contributed by atoms with van der Waals surface area (Å²) in [5.74, 6) is 2.48. The highest BCUT2D eigenvalue weighted by Gasteiger charge is 2.21. The Kier molecular flexibility index (Phi) is 2.90. The molecule has 3 nitrogen and oxygen atoms in total. The van der Waals surface area contributed by atoms with Crippen molar-refractivity contribution in [3.63, 3.8) is 0 Å². The molecule has 0 aliphatic carbocycles. The number of aromatic nitrogens is 2. The van der Waals surface area contributed by atoms with Crippen LogP contribution in [0, 0.1) is 3.95 Å². The molecule has 1 fully saturated rings. The van der Waals surface area contributed by atoms with Crippen LogP contribution in [0.4, 0.5) is 5.13 Å². The predicted octanol–water partition coefficient (Wildman–Crippen LogP) is 2.14. The Labute approximate surface area is 90.5 Å². The third-order valence-electron chi connectivity index (χ3n) is 2.18. The lowest BCUT2D eigenvalue weighted by Gasteiger charge is -2.21. The van der Waals surface area contributed by atoms with Gasteiger partial charge in [-0.25, -0.2) is 0 Å². The minimum Gasteiger partial charge on any atom is -0.346 e. The van der Waals surface area contributed by atoms with Crippen LogP contribution in [0.1, 0.15) is 6.42 Å². The second-order valence-electron chi connectivity index (χ2n) is 3.02. The maximum absolute atomic E-state index is 5.00. The fraction of sp³-hybridized carbons (Fsp3) is 0.714. The van der Waals surface area contributed by atoms with Crippen LogP contribution in [0.5, 0.6) is 0 Å². The number of rotatable bonds is 2. The van der Waals surface area contributed by atoms with Crippen LogP contribution < -0.4 is 4.90 Å². The maximum Gasteiger partial charge on any atom is 0.206 e. The van der Waals surface area contributed by atoms with Gasteiger partial charge in [0, 0.05) is 18.8 Å². The minimum absolute atomic E-state index is 0.638. The van der Waals surface area contributed by atoms with Crippen molar-refractivity contribution in [2.24, 2.45) is 0 Å². The zero-order chi connectivity index (χ0) is 9.26. The van der Waals surface area contributed by atoms with Gasteiger partial charge in [0.2, 0.25) is 5.13 Å². The lowest BCUT2D eigenvalue weighted by atomic mass is 10.2. The van der Waals surface area contributed by atoms with Gasteiger partial charge >= 0.3 is 0 Å². The summed E-state index contributed by atoms with van der Waals surface area (Å²) in [6.45, 7) is 0. The van der Waals surface area contributed by atoms with Crippen molar-refractivity contribution in [2.45, 2.75) is 12.5 Å². The molecule has 1 aliphatic heterocycles. The van der Waals surface area contributed by atoms with Gasteiger partial charge in [-0.3, -0.25) is 5.10 Å². The average molecular weight is 233 g/mol. The fourth-order valence-corrected chi connectivity index (χ4v) is 3.54. The van der Waals surface area contributed by atoms with Crippen LogP contribution in [0.15, 0.2) is 0 Å². The Morgan fingerprint density at radius 1 is 1.69 bits per heavy atom. The third kappa shape index (κ3) is 2.05. The minimum atomic E-state index is 0.638. The monoisotopic (exact) mass is 233 g/mol. The summed E-state index contributed by atoms with van der Waals surface area (Å²) in [6.07, 6.45) is 1.26. The lowest BCUT2D eigenvalue weighted by molar-refractivity contribution is 0.694. The molecule has 0 bridgehead atoms. The van der Waals surface area contributed by atoms with Gasteiger partial charge in [0.05, 0.1) is 0 Å². The summed E-state index contributed by atoms with van der Waals surface area (Å²) in [6, 6.07) is 0.638. The first-order valence-corrected chi connectivity index (χ1v) is 6.51. The van der Waals surface area contributed by atoms with Crippen molar-refractivity contribution in [1.29, 1.82) is 0 Å². The summed E-state index contributed by atoms with van der Waals surface area (Å²) in [5.41, 5.74) is 0. The summed E-state index contributed by atoms with van der Waals surface area (Å²) in [7, 11) is 2.10. The van der Waals surface area contributed by atoms with E-state index in [2.05, 4.69) is 22.1 Å². The maximum atomic E-state index is 5.00. The van der Waals surface area contributed by atoms with Crippen LogP contribution in [-0.4, -0.2) is 34.8 Å². The highest BCUT2D eigenvalue weighted by Crippen LogP contribution is 2.26. The number of thioether (sulfide) groups is 1. The molecule has 72 valence electrons. The molecule has 6 heteroatoms. The number of nitrogens with zero attached hydrogens (tertiary/aromatic N) is 2. The molecule has 1 unspecified atom stereocenters. The molecule has 0 spiro atoms. The van der Waals surface area contributed by atoms with E-state index < -0.39 is 0 Å². The van der Waals surface area contributed by atoms with Gasteiger partial charge < -0.3 is 4.90 Å². The zero-order valence-corrected chi connectivity index (χ0v) is 9.77. The molecule has 13 heavy (non-hydrogen) atoms. The van der Waals surface area contributed by atoms with Crippen molar-refractivity contribution in [2.75, 3.05) is 23.5 Å². The molecule has 2 heterocycles. The summed E-state index contributed by atoms with van der Waals surface area (Å²) >= 11 is 8.55. The van der Waals surface area contributed by atoms with Gasteiger partial charge in [-0.15, -0.1) is 5.10 Å². The number of aromatic amines is 1. The van der Waals surface area contributed by atoms with E-state index in [-0.39, 0.29) is 0 Å². The van der Waals surface area contributed by atoms with Crippen molar-refractivity contribution >= 4 is 40.4 Å². The number of hydrogen-bond donors (Lipinski definition) is 1. The van der Waals surface area contributed by atoms with Gasteiger partial charge in [-0.2, -0.15) is 11.8 Å². The van der Waals surface area contributed by atoms with Gasteiger partial charge in [0.1, 0.15) is 0 Å². The van der Waals surface area contributed by atoms with Gasteiger partial charge in [-0.1, -0.05) is 11.3 Å². The van der Waals surface area contributed by atoms with E-state index in [0.717, 1.165) is 9.09 Å². The van der Waals surface area contributed by atoms with E-state index in [9.17, 15) is 0 Å². The normalized spacial score (nSPS) is 22.1. The molecule has 0 aromatic carbocycles. The highest BCUT2D eigenvalue weighted by molar-refractivity contribution is 7.99. The summed E-state index contributed by atoms with van der Waals surface area (Å²) < 4.78 is 0.757. The van der Waals surface area contributed by atoms with Gasteiger partial charge in [0.25, 0.3) is 0 Å². The molecular formula is C7H11N3S3. The third-order valence-corrected chi connectivity index (χ3v) is 4.51. The Balaban J connectivity index is 2.11. The smallest absolute Gasteiger partial charge is 0.206 e. The molecule has 0 saturated carbocycles. The van der Waals surface area contributed by atoms with E-state index in [1.807, 2.05) is 11.8 Å². The van der Waals surface area contributed by atoms with E-state index in [0.29, 0.717) is 6.04 Å². The first-order chi connectivity index (χ1) is 6.27. The van der Waals surface area contributed by atoms with E-state index in [4.69, 9.17) is 12.2 Å². The highest BCUT2D eigenvalue weighted by atomic mass is 32.2. The van der Waals surface area contributed by atoms with Crippen LogP contribution in [0.3, 0.4) is 0 Å². The molecule has 1 aromatic rings. The van der Waals surface area contributed by atoms with Crippen LogP contribution in [0.2, 0.25) is 0 Å². The Bertz CT molecular complexity index is 326. The zero-order valence-electron chi connectivity index (χ0n) is 7.32. The number of H-pyrrole nitrogens is 1. The molecule has 1 saturated heterocycles. The Hall–Kier alpha value is -0.0700. The largest absolute Gasteiger partial charge is 0.346 e. The summed E-state index contributed by atoms with van der Waals surface area (Å²) in [4.78, 5) is 2.23. The van der Waals surface area contributed by atoms with Crippen LogP contribution >= 0.6 is 35.3 Å². The lowest BCUT2D eigenvalue weighted by Crippen LogP contribution is -2.31. The SMILES string of the molecule is CN(c1n[nH]c(=S)s1)C1CCSC1. The van der Waals surface area contributed by atoms with Gasteiger partial charge in [0.15, 0.2) is 3.95 Å². The molecule has 1 N–H and O–H groups in total. The standard InChI is InChI=1S/C7H11N3S3/c1-10(5-2-3-12-4-5)6-8-9-7(11)13-6/h5H,2-4H2,1H3,(H,9,11). The average Bonchev–Trinajstić information content (AvgIpc) is 2.72. The van der Waals surface area contributed by atoms with Crippen molar-refractivity contribution in [3.8, 4) is 0 Å². The first kappa shape index (κ1) is 9.48. The molecule has 1 aromatic heterocycles.